The van der Waals surface area contributed by atoms with Gasteiger partial charge in [-0.2, -0.15) is 0 Å². The van der Waals surface area contributed by atoms with Crippen molar-refractivity contribution in [1.29, 1.82) is 0 Å². The Morgan fingerprint density at radius 1 is 1.38 bits per heavy atom. The first-order valence-corrected chi connectivity index (χ1v) is 8.57. The summed E-state index contributed by atoms with van der Waals surface area (Å²) in [4.78, 5) is 8.45. The van der Waals surface area contributed by atoms with Gasteiger partial charge in [-0.25, -0.2) is 0 Å². The van der Waals surface area contributed by atoms with E-state index in [9.17, 15) is 0 Å². The van der Waals surface area contributed by atoms with Crippen LogP contribution in [0, 0.1) is 0 Å². The summed E-state index contributed by atoms with van der Waals surface area (Å²) in [5.74, 6) is 0. The molecule has 1 saturated carbocycles. The number of hydrogen-bond acceptors (Lipinski definition) is 4. The molecule has 112 valence electrons. The fraction of sp³-hybridized carbons (Fsp3) is 0.471. The third kappa shape index (κ3) is 4.05. The van der Waals surface area contributed by atoms with Gasteiger partial charge in [0.05, 0.1) is 12.2 Å². The van der Waals surface area contributed by atoms with Crippen molar-refractivity contribution in [2.24, 2.45) is 0 Å². The molecule has 4 heteroatoms. The van der Waals surface area contributed by atoms with Crippen molar-refractivity contribution < 1.29 is 0 Å². The highest BCUT2D eigenvalue weighted by atomic mass is 32.1. The van der Waals surface area contributed by atoms with Gasteiger partial charge in [0.25, 0.3) is 0 Å². The average Bonchev–Trinajstić information content (AvgIpc) is 3.19. The van der Waals surface area contributed by atoms with Crippen LogP contribution in [0.25, 0.3) is 0 Å². The summed E-state index contributed by atoms with van der Waals surface area (Å²) in [7, 11) is 0. The Hall–Kier alpha value is -1.39. The first-order chi connectivity index (χ1) is 10.2. The number of anilines is 1. The van der Waals surface area contributed by atoms with Gasteiger partial charge in [-0.05, 0) is 36.4 Å². The van der Waals surface area contributed by atoms with Gasteiger partial charge in [-0.15, -0.1) is 11.3 Å². The molecule has 1 aliphatic carbocycles. The highest BCUT2D eigenvalue weighted by molar-refractivity contribution is 7.09. The molecular weight excluding hydrogens is 278 g/mol. The third-order valence-electron chi connectivity index (χ3n) is 3.72. The summed E-state index contributed by atoms with van der Waals surface area (Å²) in [5.41, 5.74) is 2.43. The van der Waals surface area contributed by atoms with Crippen LogP contribution in [-0.4, -0.2) is 17.1 Å². The van der Waals surface area contributed by atoms with Gasteiger partial charge in [0.2, 0.25) is 0 Å². The van der Waals surface area contributed by atoms with E-state index in [1.165, 1.54) is 23.4 Å². The molecule has 0 amide bonds. The van der Waals surface area contributed by atoms with E-state index in [4.69, 9.17) is 0 Å². The van der Waals surface area contributed by atoms with Crippen LogP contribution in [0.1, 0.15) is 37.3 Å². The first kappa shape index (κ1) is 14.5. The lowest BCUT2D eigenvalue weighted by Crippen LogP contribution is -2.26. The fourth-order valence-electron chi connectivity index (χ4n) is 2.44. The second kappa shape index (κ2) is 6.58. The predicted octanol–water partition coefficient (Wildman–Crippen LogP) is 3.81. The number of aromatic nitrogens is 1. The number of hydrogen-bond donors (Lipinski definition) is 1. The van der Waals surface area contributed by atoms with Gasteiger partial charge >= 0.3 is 0 Å². The molecule has 0 atom stereocenters. The van der Waals surface area contributed by atoms with E-state index in [0.717, 1.165) is 18.8 Å². The Bertz CT molecular complexity index is 561. The number of thiophene rings is 1. The van der Waals surface area contributed by atoms with Gasteiger partial charge in [-0.1, -0.05) is 19.9 Å². The van der Waals surface area contributed by atoms with Crippen molar-refractivity contribution in [2.45, 2.75) is 51.9 Å². The van der Waals surface area contributed by atoms with Gasteiger partial charge < -0.3 is 10.2 Å². The molecule has 0 radical (unpaired) electrons. The van der Waals surface area contributed by atoms with Crippen LogP contribution in [0.5, 0.6) is 0 Å². The average molecular weight is 301 g/mol. The molecule has 3 rings (SSSR count). The van der Waals surface area contributed by atoms with E-state index in [2.05, 4.69) is 58.7 Å². The smallest absolute Gasteiger partial charge is 0.0562 e. The molecule has 2 aromatic rings. The molecule has 1 aliphatic rings. The van der Waals surface area contributed by atoms with Crippen LogP contribution in [0.2, 0.25) is 0 Å². The van der Waals surface area contributed by atoms with Crippen LogP contribution in [0.4, 0.5) is 5.69 Å². The summed E-state index contributed by atoms with van der Waals surface area (Å²) in [6.45, 7) is 6.18. The van der Waals surface area contributed by atoms with Gasteiger partial charge in [0, 0.05) is 35.4 Å². The van der Waals surface area contributed by atoms with E-state index >= 15 is 0 Å². The third-order valence-corrected chi connectivity index (χ3v) is 4.58. The lowest BCUT2D eigenvalue weighted by molar-refractivity contribution is 0.581. The second-order valence-electron chi connectivity index (χ2n) is 5.98. The highest BCUT2D eigenvalue weighted by Gasteiger charge is 2.29. The molecular formula is C17H23N3S. The van der Waals surface area contributed by atoms with Crippen LogP contribution < -0.4 is 10.2 Å². The Morgan fingerprint density at radius 2 is 2.24 bits per heavy atom. The topological polar surface area (TPSA) is 28.2 Å². The Labute approximate surface area is 131 Å². The molecule has 0 aromatic carbocycles. The van der Waals surface area contributed by atoms with Crippen molar-refractivity contribution in [2.75, 3.05) is 4.90 Å². The quantitative estimate of drug-likeness (QED) is 0.843. The number of pyridine rings is 1. The molecule has 1 fully saturated rings. The summed E-state index contributed by atoms with van der Waals surface area (Å²) in [6, 6.07) is 9.94. The zero-order valence-corrected chi connectivity index (χ0v) is 13.6. The number of nitrogens with one attached hydrogen (secondary N) is 1. The largest absolute Gasteiger partial charge is 0.363 e. The lowest BCUT2D eigenvalue weighted by Gasteiger charge is -2.24. The van der Waals surface area contributed by atoms with Crippen molar-refractivity contribution in [3.05, 3.63) is 46.4 Å². The normalized spacial score (nSPS) is 14.6. The maximum absolute atomic E-state index is 4.48. The molecule has 1 N–H and O–H groups in total. The molecule has 0 aliphatic heterocycles. The van der Waals surface area contributed by atoms with Crippen molar-refractivity contribution >= 4 is 17.0 Å². The zero-order chi connectivity index (χ0) is 14.7. The SMILES string of the molecule is CC(C)NCc1cc(N(Cc2cccs2)C2CC2)ccn1. The molecule has 0 bridgehead atoms. The number of rotatable bonds is 7. The Morgan fingerprint density at radius 3 is 2.90 bits per heavy atom. The molecule has 2 aromatic heterocycles. The minimum atomic E-state index is 0.487. The minimum absolute atomic E-state index is 0.487. The van der Waals surface area contributed by atoms with E-state index in [0.29, 0.717) is 12.1 Å². The maximum atomic E-state index is 4.48. The zero-order valence-electron chi connectivity index (χ0n) is 12.7. The predicted molar refractivity (Wildman–Crippen MR) is 89.7 cm³/mol. The van der Waals surface area contributed by atoms with E-state index in [1.54, 1.807) is 0 Å². The van der Waals surface area contributed by atoms with E-state index in [-0.39, 0.29) is 0 Å². The van der Waals surface area contributed by atoms with E-state index in [1.807, 2.05) is 17.5 Å². The molecule has 3 nitrogen and oxygen atoms in total. The standard InChI is InChI=1S/C17H23N3S/c1-13(2)19-11-14-10-16(7-8-18-14)20(15-5-6-15)12-17-4-3-9-21-17/h3-4,7-10,13,15,19H,5-6,11-12H2,1-2H3. The van der Waals surface area contributed by atoms with Crippen LogP contribution >= 0.6 is 11.3 Å². The Balaban J connectivity index is 1.74. The summed E-state index contributed by atoms with van der Waals surface area (Å²) in [6.07, 6.45) is 4.57. The Kier molecular flexibility index (Phi) is 4.56. The molecule has 0 unspecified atom stereocenters. The summed E-state index contributed by atoms with van der Waals surface area (Å²) >= 11 is 1.84. The van der Waals surface area contributed by atoms with Crippen LogP contribution in [-0.2, 0) is 13.1 Å². The van der Waals surface area contributed by atoms with Crippen molar-refractivity contribution in [1.82, 2.24) is 10.3 Å². The van der Waals surface area contributed by atoms with Crippen molar-refractivity contribution in [3.63, 3.8) is 0 Å². The van der Waals surface area contributed by atoms with Crippen LogP contribution in [0.3, 0.4) is 0 Å². The van der Waals surface area contributed by atoms with Gasteiger partial charge in [-0.3, -0.25) is 4.98 Å². The van der Waals surface area contributed by atoms with Gasteiger partial charge in [0.1, 0.15) is 0 Å². The first-order valence-electron chi connectivity index (χ1n) is 7.69. The van der Waals surface area contributed by atoms with Crippen molar-refractivity contribution in [3.8, 4) is 0 Å². The summed E-state index contributed by atoms with van der Waals surface area (Å²) < 4.78 is 0. The van der Waals surface area contributed by atoms with Crippen LogP contribution in [0.15, 0.2) is 35.8 Å². The molecule has 21 heavy (non-hydrogen) atoms. The van der Waals surface area contributed by atoms with E-state index < -0.39 is 0 Å². The molecule has 0 saturated heterocycles. The molecule has 2 heterocycles. The fourth-order valence-corrected chi connectivity index (χ4v) is 3.14. The highest BCUT2D eigenvalue weighted by Crippen LogP contribution is 2.33. The summed E-state index contributed by atoms with van der Waals surface area (Å²) in [5, 5.41) is 5.60. The second-order valence-corrected chi connectivity index (χ2v) is 7.01. The minimum Gasteiger partial charge on any atom is -0.363 e. The maximum Gasteiger partial charge on any atom is 0.0562 e. The number of nitrogens with zero attached hydrogens (tertiary/aromatic N) is 2. The monoisotopic (exact) mass is 301 g/mol. The molecule has 0 spiro atoms. The van der Waals surface area contributed by atoms with Gasteiger partial charge in [0.15, 0.2) is 0 Å². The lowest BCUT2D eigenvalue weighted by atomic mass is 10.2.